The second-order valence-corrected chi connectivity index (χ2v) is 2.43. The van der Waals surface area contributed by atoms with E-state index < -0.39 is 0 Å². The summed E-state index contributed by atoms with van der Waals surface area (Å²) in [7, 11) is 1.57. The number of methoxy groups -OCH3 is 1. The maximum absolute atomic E-state index is 10.8. The van der Waals surface area contributed by atoms with E-state index in [2.05, 4.69) is 6.58 Å². The summed E-state index contributed by atoms with van der Waals surface area (Å²) in [5.41, 5.74) is 0.410. The van der Waals surface area contributed by atoms with Crippen molar-refractivity contribution in [3.05, 3.63) is 12.2 Å². The van der Waals surface area contributed by atoms with Gasteiger partial charge >= 0.3 is 5.97 Å². The minimum Gasteiger partial charge on any atom is -0.460 e. The Labute approximate surface area is 67.0 Å². The predicted octanol–water partition coefficient (Wildman–Crippen LogP) is 1.14. The van der Waals surface area contributed by atoms with E-state index in [0.29, 0.717) is 5.57 Å². The van der Waals surface area contributed by atoms with Gasteiger partial charge < -0.3 is 9.47 Å². The van der Waals surface area contributed by atoms with E-state index in [1.54, 1.807) is 14.0 Å². The van der Waals surface area contributed by atoms with Crippen molar-refractivity contribution in [1.29, 1.82) is 0 Å². The Balaban J connectivity index is 3.54. The SMILES string of the molecule is C=C(C)C(=O)OC[C@@H](C)OC. The first-order chi connectivity index (χ1) is 5.07. The van der Waals surface area contributed by atoms with Crippen LogP contribution >= 0.6 is 0 Å². The van der Waals surface area contributed by atoms with Crippen LogP contribution in [-0.4, -0.2) is 25.8 Å². The van der Waals surface area contributed by atoms with Crippen LogP contribution in [0.2, 0.25) is 0 Å². The van der Waals surface area contributed by atoms with E-state index in [9.17, 15) is 4.79 Å². The molecule has 0 aromatic heterocycles. The molecule has 0 aromatic rings. The molecule has 0 fully saturated rings. The van der Waals surface area contributed by atoms with Crippen molar-refractivity contribution in [1.82, 2.24) is 0 Å². The smallest absolute Gasteiger partial charge is 0.333 e. The second-order valence-electron chi connectivity index (χ2n) is 2.43. The lowest BCUT2D eigenvalue weighted by molar-refractivity contribution is -0.142. The fourth-order valence-electron chi connectivity index (χ4n) is 0.384. The van der Waals surface area contributed by atoms with Gasteiger partial charge in [-0.2, -0.15) is 0 Å². The third-order valence-electron chi connectivity index (χ3n) is 1.20. The highest BCUT2D eigenvalue weighted by Crippen LogP contribution is 1.95. The molecule has 0 heterocycles. The molecule has 3 heteroatoms. The summed E-state index contributed by atoms with van der Waals surface area (Å²) < 4.78 is 9.67. The standard InChI is InChI=1S/C8H14O3/c1-6(2)8(9)11-5-7(3)10-4/h7H,1,5H2,2-4H3/t7-/m1/s1. The van der Waals surface area contributed by atoms with E-state index in [1.165, 1.54) is 0 Å². The highest BCUT2D eigenvalue weighted by molar-refractivity contribution is 5.86. The molecular weight excluding hydrogens is 144 g/mol. The number of carbonyl (C=O) groups excluding carboxylic acids is 1. The van der Waals surface area contributed by atoms with Crippen molar-refractivity contribution in [2.24, 2.45) is 0 Å². The Morgan fingerprint density at radius 2 is 2.18 bits per heavy atom. The van der Waals surface area contributed by atoms with E-state index >= 15 is 0 Å². The van der Waals surface area contributed by atoms with Gasteiger partial charge in [-0.15, -0.1) is 0 Å². The predicted molar refractivity (Wildman–Crippen MR) is 42.2 cm³/mol. The van der Waals surface area contributed by atoms with Crippen LogP contribution in [0.15, 0.2) is 12.2 Å². The van der Waals surface area contributed by atoms with Crippen molar-refractivity contribution in [2.45, 2.75) is 20.0 Å². The largest absolute Gasteiger partial charge is 0.460 e. The highest BCUT2D eigenvalue weighted by atomic mass is 16.6. The van der Waals surface area contributed by atoms with Gasteiger partial charge in [0.15, 0.2) is 0 Å². The first-order valence-electron chi connectivity index (χ1n) is 3.43. The zero-order valence-corrected chi connectivity index (χ0v) is 7.22. The molecule has 0 radical (unpaired) electrons. The van der Waals surface area contributed by atoms with E-state index in [1.807, 2.05) is 6.92 Å². The van der Waals surface area contributed by atoms with Gasteiger partial charge in [-0.1, -0.05) is 6.58 Å². The molecule has 0 spiro atoms. The van der Waals surface area contributed by atoms with Crippen LogP contribution in [0.25, 0.3) is 0 Å². The summed E-state index contributed by atoms with van der Waals surface area (Å²) in [6, 6.07) is 0. The average Bonchev–Trinajstić information content (AvgIpc) is 1.99. The number of rotatable bonds is 4. The highest BCUT2D eigenvalue weighted by Gasteiger charge is 2.05. The molecule has 0 saturated carbocycles. The Kier molecular flexibility index (Phi) is 4.54. The zero-order chi connectivity index (χ0) is 8.85. The number of ether oxygens (including phenoxy) is 2. The van der Waals surface area contributed by atoms with E-state index in [0.717, 1.165) is 0 Å². The van der Waals surface area contributed by atoms with Crippen LogP contribution in [0.5, 0.6) is 0 Å². The minimum atomic E-state index is -0.367. The molecule has 1 atom stereocenters. The number of esters is 1. The molecule has 0 unspecified atom stereocenters. The fraction of sp³-hybridized carbons (Fsp3) is 0.625. The molecule has 64 valence electrons. The van der Waals surface area contributed by atoms with Gasteiger partial charge in [-0.3, -0.25) is 0 Å². The topological polar surface area (TPSA) is 35.5 Å². The maximum atomic E-state index is 10.8. The summed E-state index contributed by atoms with van der Waals surface area (Å²) >= 11 is 0. The molecule has 0 aliphatic heterocycles. The molecule has 0 aromatic carbocycles. The first kappa shape index (κ1) is 10.2. The van der Waals surface area contributed by atoms with Gasteiger partial charge in [0.1, 0.15) is 6.61 Å². The van der Waals surface area contributed by atoms with Gasteiger partial charge in [0.25, 0.3) is 0 Å². The summed E-state index contributed by atoms with van der Waals surface area (Å²) in [4.78, 5) is 10.8. The number of carbonyl (C=O) groups is 1. The van der Waals surface area contributed by atoms with Crippen LogP contribution < -0.4 is 0 Å². The molecule has 11 heavy (non-hydrogen) atoms. The summed E-state index contributed by atoms with van der Waals surface area (Å²) in [5.74, 6) is -0.367. The second kappa shape index (κ2) is 4.91. The third kappa shape index (κ3) is 4.56. The van der Waals surface area contributed by atoms with Crippen LogP contribution in [0.1, 0.15) is 13.8 Å². The van der Waals surface area contributed by atoms with Crippen LogP contribution in [0, 0.1) is 0 Å². The third-order valence-corrected chi connectivity index (χ3v) is 1.20. The van der Waals surface area contributed by atoms with Crippen LogP contribution in [0.3, 0.4) is 0 Å². The molecule has 0 aliphatic carbocycles. The lowest BCUT2D eigenvalue weighted by Crippen LogP contribution is -2.17. The van der Waals surface area contributed by atoms with Crippen molar-refractivity contribution in [2.75, 3.05) is 13.7 Å². The van der Waals surface area contributed by atoms with Crippen molar-refractivity contribution >= 4 is 5.97 Å². The monoisotopic (exact) mass is 158 g/mol. The lowest BCUT2D eigenvalue weighted by atomic mass is 10.3. The Bertz CT molecular complexity index is 151. The van der Waals surface area contributed by atoms with Crippen LogP contribution in [-0.2, 0) is 14.3 Å². The van der Waals surface area contributed by atoms with E-state index in [4.69, 9.17) is 9.47 Å². The molecule has 3 nitrogen and oxygen atoms in total. The maximum Gasteiger partial charge on any atom is 0.333 e. The normalized spacial score (nSPS) is 12.3. The van der Waals surface area contributed by atoms with Gasteiger partial charge in [0, 0.05) is 12.7 Å². The zero-order valence-electron chi connectivity index (χ0n) is 7.22. The molecule has 0 aliphatic rings. The summed E-state index contributed by atoms with van der Waals surface area (Å²) in [5, 5.41) is 0. The molecule has 0 bridgehead atoms. The van der Waals surface area contributed by atoms with Gasteiger partial charge in [-0.25, -0.2) is 4.79 Å². The Hall–Kier alpha value is -0.830. The van der Waals surface area contributed by atoms with E-state index in [-0.39, 0.29) is 18.7 Å². The van der Waals surface area contributed by atoms with Crippen molar-refractivity contribution < 1.29 is 14.3 Å². The van der Waals surface area contributed by atoms with Gasteiger partial charge in [0.2, 0.25) is 0 Å². The Morgan fingerprint density at radius 1 is 1.64 bits per heavy atom. The average molecular weight is 158 g/mol. The fourth-order valence-corrected chi connectivity index (χ4v) is 0.384. The summed E-state index contributed by atoms with van der Waals surface area (Å²) in [6.07, 6.45) is -0.0571. The van der Waals surface area contributed by atoms with Crippen molar-refractivity contribution in [3.63, 3.8) is 0 Å². The molecule has 0 N–H and O–H groups in total. The molecule has 0 rings (SSSR count). The minimum absolute atomic E-state index is 0.0571. The molecular formula is C8H14O3. The first-order valence-corrected chi connectivity index (χ1v) is 3.43. The number of hydrogen-bond donors (Lipinski definition) is 0. The Morgan fingerprint density at radius 3 is 2.55 bits per heavy atom. The van der Waals surface area contributed by atoms with Crippen molar-refractivity contribution in [3.8, 4) is 0 Å². The van der Waals surface area contributed by atoms with Gasteiger partial charge in [-0.05, 0) is 13.8 Å². The molecule has 0 amide bonds. The molecule has 0 saturated heterocycles. The lowest BCUT2D eigenvalue weighted by Gasteiger charge is -2.09. The van der Waals surface area contributed by atoms with Crippen LogP contribution in [0.4, 0.5) is 0 Å². The number of hydrogen-bond acceptors (Lipinski definition) is 3. The summed E-state index contributed by atoms with van der Waals surface area (Å²) in [6.45, 7) is 7.16. The quantitative estimate of drug-likeness (QED) is 0.454. The van der Waals surface area contributed by atoms with Gasteiger partial charge in [0.05, 0.1) is 6.10 Å².